The molecule has 0 saturated carbocycles. The monoisotopic (exact) mass is 213 g/mol. The highest BCUT2D eigenvalue weighted by Crippen LogP contribution is 2.10. The molecule has 16 heavy (non-hydrogen) atoms. The van der Waals surface area contributed by atoms with Crippen LogP contribution in [-0.2, 0) is 9.59 Å². The first-order valence-corrected chi connectivity index (χ1v) is 4.78. The molecule has 0 aliphatic carbocycles. The Morgan fingerprint density at radius 3 is 2.38 bits per heavy atom. The van der Waals surface area contributed by atoms with E-state index in [2.05, 4.69) is 0 Å². The van der Waals surface area contributed by atoms with Gasteiger partial charge in [0.2, 0.25) is 0 Å². The highest BCUT2D eigenvalue weighted by molar-refractivity contribution is 6.21. The molecule has 80 valence electrons. The quantitative estimate of drug-likeness (QED) is 0.439. The van der Waals surface area contributed by atoms with Crippen molar-refractivity contribution in [1.82, 2.24) is 0 Å². The Labute approximate surface area is 94.0 Å². The predicted molar refractivity (Wildman–Crippen MR) is 60.5 cm³/mol. The third-order valence-corrected chi connectivity index (χ3v) is 2.09. The van der Waals surface area contributed by atoms with Gasteiger partial charge in [-0.3, -0.25) is 9.59 Å². The van der Waals surface area contributed by atoms with Crippen LogP contribution in [0.4, 0.5) is 0 Å². The van der Waals surface area contributed by atoms with E-state index in [1.807, 2.05) is 6.07 Å². The highest BCUT2D eigenvalue weighted by atomic mass is 16.1. The molecule has 0 aliphatic rings. The maximum atomic E-state index is 11.2. The molecule has 0 heterocycles. The molecule has 0 aromatic heterocycles. The van der Waals surface area contributed by atoms with Gasteiger partial charge in [0.1, 0.15) is 0 Å². The van der Waals surface area contributed by atoms with Crippen LogP contribution in [0, 0.1) is 11.3 Å². The number of carbonyl (C=O) groups is 2. The van der Waals surface area contributed by atoms with E-state index in [-0.39, 0.29) is 17.1 Å². The average Bonchev–Trinajstić information content (AvgIpc) is 2.25. The molecule has 0 amide bonds. The number of nitriles is 1. The summed E-state index contributed by atoms with van der Waals surface area (Å²) in [5, 5.41) is 8.71. The number of allylic oxidation sites excluding steroid dienone is 1. The largest absolute Gasteiger partial charge is 0.294 e. The van der Waals surface area contributed by atoms with Crippen molar-refractivity contribution in [3.63, 3.8) is 0 Å². The van der Waals surface area contributed by atoms with E-state index >= 15 is 0 Å². The fourth-order valence-corrected chi connectivity index (χ4v) is 1.32. The topological polar surface area (TPSA) is 57.9 Å². The number of benzene rings is 1. The SMILES string of the molecule is CC(=O)C(=Cc1cccc(C#N)c1)C(C)=O. The number of ketones is 2. The van der Waals surface area contributed by atoms with E-state index in [1.165, 1.54) is 19.9 Å². The molecular formula is C13H11NO2. The Balaban J connectivity index is 3.19. The third-order valence-electron chi connectivity index (χ3n) is 2.09. The van der Waals surface area contributed by atoms with Crippen LogP contribution < -0.4 is 0 Å². The van der Waals surface area contributed by atoms with Crippen molar-refractivity contribution in [1.29, 1.82) is 5.26 Å². The van der Waals surface area contributed by atoms with Gasteiger partial charge in [0.05, 0.1) is 17.2 Å². The first-order valence-electron chi connectivity index (χ1n) is 4.78. The van der Waals surface area contributed by atoms with Gasteiger partial charge in [0.15, 0.2) is 11.6 Å². The Morgan fingerprint density at radius 2 is 1.88 bits per heavy atom. The molecule has 0 N–H and O–H groups in total. The van der Waals surface area contributed by atoms with E-state index in [4.69, 9.17) is 5.26 Å². The number of Topliss-reactive ketones (excluding diaryl/α,β-unsaturated/α-hetero) is 2. The molecule has 0 radical (unpaired) electrons. The molecule has 1 aromatic carbocycles. The molecule has 0 fully saturated rings. The van der Waals surface area contributed by atoms with Gasteiger partial charge in [-0.15, -0.1) is 0 Å². The molecule has 0 saturated heterocycles. The molecule has 0 unspecified atom stereocenters. The average molecular weight is 213 g/mol. The number of hydrogen-bond donors (Lipinski definition) is 0. The van der Waals surface area contributed by atoms with E-state index < -0.39 is 0 Å². The second kappa shape index (κ2) is 5.04. The van der Waals surface area contributed by atoms with E-state index in [1.54, 1.807) is 24.3 Å². The lowest BCUT2D eigenvalue weighted by Crippen LogP contribution is -2.05. The van der Waals surface area contributed by atoms with Gasteiger partial charge >= 0.3 is 0 Å². The Kier molecular flexibility index (Phi) is 3.73. The summed E-state index contributed by atoms with van der Waals surface area (Å²) in [5.74, 6) is -0.537. The molecule has 1 aromatic rings. The van der Waals surface area contributed by atoms with Crippen molar-refractivity contribution in [2.24, 2.45) is 0 Å². The van der Waals surface area contributed by atoms with Crippen LogP contribution in [-0.4, -0.2) is 11.6 Å². The van der Waals surface area contributed by atoms with Crippen LogP contribution in [0.3, 0.4) is 0 Å². The van der Waals surface area contributed by atoms with Crippen LogP contribution >= 0.6 is 0 Å². The van der Waals surface area contributed by atoms with Gasteiger partial charge in [-0.1, -0.05) is 12.1 Å². The molecular weight excluding hydrogens is 202 g/mol. The van der Waals surface area contributed by atoms with Crippen molar-refractivity contribution < 1.29 is 9.59 Å². The van der Waals surface area contributed by atoms with Gasteiger partial charge in [0, 0.05) is 0 Å². The second-order valence-electron chi connectivity index (χ2n) is 3.41. The zero-order valence-electron chi connectivity index (χ0n) is 9.15. The summed E-state index contributed by atoms with van der Waals surface area (Å²) in [6.45, 7) is 2.70. The smallest absolute Gasteiger partial charge is 0.163 e. The van der Waals surface area contributed by atoms with E-state index in [0.717, 1.165) is 0 Å². The summed E-state index contributed by atoms with van der Waals surface area (Å²) in [5.41, 5.74) is 1.33. The fraction of sp³-hybridized carbons (Fsp3) is 0.154. The summed E-state index contributed by atoms with van der Waals surface area (Å²) < 4.78 is 0. The number of nitrogens with zero attached hydrogens (tertiary/aromatic N) is 1. The van der Waals surface area contributed by atoms with Crippen molar-refractivity contribution in [3.05, 3.63) is 41.0 Å². The standard InChI is InChI=1S/C13H11NO2/c1-9(15)13(10(2)16)7-11-4-3-5-12(6-11)8-14/h3-7H,1-2H3. The lowest BCUT2D eigenvalue weighted by atomic mass is 10.0. The van der Waals surface area contributed by atoms with Gasteiger partial charge in [0.25, 0.3) is 0 Å². The molecule has 0 aliphatic heterocycles. The second-order valence-corrected chi connectivity index (χ2v) is 3.41. The third kappa shape index (κ3) is 2.89. The van der Waals surface area contributed by atoms with Crippen LogP contribution in [0.25, 0.3) is 6.08 Å². The lowest BCUT2D eigenvalue weighted by Gasteiger charge is -1.99. The van der Waals surface area contributed by atoms with Crippen molar-refractivity contribution in [2.75, 3.05) is 0 Å². The van der Waals surface area contributed by atoms with Gasteiger partial charge in [-0.2, -0.15) is 5.26 Å². The first kappa shape index (κ1) is 11.9. The summed E-state index contributed by atoms with van der Waals surface area (Å²) in [6.07, 6.45) is 1.51. The minimum atomic E-state index is -0.269. The van der Waals surface area contributed by atoms with Gasteiger partial charge < -0.3 is 0 Å². The maximum Gasteiger partial charge on any atom is 0.163 e. The molecule has 1 rings (SSSR count). The predicted octanol–water partition coefficient (Wildman–Crippen LogP) is 2.12. The normalized spacial score (nSPS) is 9.06. The summed E-state index contributed by atoms with van der Waals surface area (Å²) >= 11 is 0. The minimum absolute atomic E-state index is 0.148. The zero-order chi connectivity index (χ0) is 12.1. The lowest BCUT2D eigenvalue weighted by molar-refractivity contribution is -0.119. The van der Waals surface area contributed by atoms with E-state index in [0.29, 0.717) is 11.1 Å². The molecule has 3 heteroatoms. The first-order chi connectivity index (χ1) is 7.54. The zero-order valence-corrected chi connectivity index (χ0v) is 9.15. The number of carbonyl (C=O) groups excluding carboxylic acids is 2. The van der Waals surface area contributed by atoms with Crippen molar-refractivity contribution in [2.45, 2.75) is 13.8 Å². The fourth-order valence-electron chi connectivity index (χ4n) is 1.32. The molecule has 0 bridgehead atoms. The summed E-state index contributed by atoms with van der Waals surface area (Å²) in [4.78, 5) is 22.4. The Hall–Kier alpha value is -2.21. The summed E-state index contributed by atoms with van der Waals surface area (Å²) in [7, 11) is 0. The van der Waals surface area contributed by atoms with Crippen LogP contribution in [0.15, 0.2) is 29.8 Å². The maximum absolute atomic E-state index is 11.2. The molecule has 0 atom stereocenters. The van der Waals surface area contributed by atoms with Crippen LogP contribution in [0.5, 0.6) is 0 Å². The van der Waals surface area contributed by atoms with Crippen molar-refractivity contribution in [3.8, 4) is 6.07 Å². The van der Waals surface area contributed by atoms with Gasteiger partial charge in [-0.05, 0) is 37.6 Å². The van der Waals surface area contributed by atoms with Crippen molar-refractivity contribution >= 4 is 17.6 Å². The number of hydrogen-bond acceptors (Lipinski definition) is 3. The molecule has 0 spiro atoms. The van der Waals surface area contributed by atoms with Gasteiger partial charge in [-0.25, -0.2) is 0 Å². The summed E-state index contributed by atoms with van der Waals surface area (Å²) in [6, 6.07) is 8.75. The van der Waals surface area contributed by atoms with E-state index in [9.17, 15) is 9.59 Å². The molecule has 3 nitrogen and oxygen atoms in total. The minimum Gasteiger partial charge on any atom is -0.294 e. The Bertz CT molecular complexity index is 491. The van der Waals surface area contributed by atoms with Crippen LogP contribution in [0.1, 0.15) is 25.0 Å². The Morgan fingerprint density at radius 1 is 1.25 bits per heavy atom. The number of rotatable bonds is 3. The van der Waals surface area contributed by atoms with Crippen LogP contribution in [0.2, 0.25) is 0 Å². The highest BCUT2D eigenvalue weighted by Gasteiger charge is 2.09.